The Morgan fingerprint density at radius 2 is 1.61 bits per heavy atom. The van der Waals surface area contributed by atoms with Gasteiger partial charge in [0.15, 0.2) is 0 Å². The molecule has 3 nitrogen and oxygen atoms in total. The maximum atomic E-state index is 14.0. The number of piperidine rings is 2. The number of amides is 1. The van der Waals surface area contributed by atoms with Gasteiger partial charge >= 0.3 is 6.18 Å². The highest BCUT2D eigenvalue weighted by molar-refractivity contribution is 5.77. The molecule has 0 aliphatic carbocycles. The Morgan fingerprint density at radius 1 is 0.935 bits per heavy atom. The van der Waals surface area contributed by atoms with Crippen LogP contribution in [0.1, 0.15) is 36.0 Å². The number of nitrogens with zero attached hydrogens (tertiary/aromatic N) is 2. The van der Waals surface area contributed by atoms with Crippen LogP contribution in [0.2, 0.25) is 0 Å². The van der Waals surface area contributed by atoms with Crippen molar-refractivity contribution in [1.29, 1.82) is 0 Å². The first-order chi connectivity index (χ1) is 14.7. The molecule has 4 rings (SSSR count). The summed E-state index contributed by atoms with van der Waals surface area (Å²) in [5.74, 6) is -0.972. The molecule has 2 fully saturated rings. The molecule has 0 aromatic heterocycles. The number of rotatable bonds is 4. The van der Waals surface area contributed by atoms with E-state index in [0.717, 1.165) is 12.1 Å². The molecule has 2 aromatic rings. The zero-order valence-corrected chi connectivity index (χ0v) is 16.8. The zero-order chi connectivity index (χ0) is 22.2. The third-order valence-corrected chi connectivity index (χ3v) is 6.31. The van der Waals surface area contributed by atoms with Gasteiger partial charge in [-0.25, -0.2) is 8.78 Å². The van der Waals surface area contributed by atoms with Gasteiger partial charge in [-0.15, -0.1) is 0 Å². The van der Waals surface area contributed by atoms with Crippen LogP contribution in [0.5, 0.6) is 0 Å². The van der Waals surface area contributed by atoms with Crippen LogP contribution in [-0.4, -0.2) is 34.8 Å². The first-order valence-electron chi connectivity index (χ1n) is 10.3. The lowest BCUT2D eigenvalue weighted by atomic mass is 9.83. The second kappa shape index (κ2) is 8.57. The molecule has 0 radical (unpaired) electrons. The van der Waals surface area contributed by atoms with Gasteiger partial charge in [-0.3, -0.25) is 9.69 Å². The average molecular weight is 438 g/mol. The minimum atomic E-state index is -4.39. The molecule has 166 valence electrons. The molecule has 2 aliphatic heterocycles. The van der Waals surface area contributed by atoms with Crippen LogP contribution in [0.4, 0.5) is 22.0 Å². The third-order valence-electron chi connectivity index (χ3n) is 6.31. The Hall–Kier alpha value is -2.48. The topological polar surface area (TPSA) is 23.6 Å². The summed E-state index contributed by atoms with van der Waals surface area (Å²) in [6.07, 6.45) is -2.67. The van der Waals surface area contributed by atoms with Crippen LogP contribution in [0, 0.1) is 17.6 Å². The van der Waals surface area contributed by atoms with Gasteiger partial charge in [0.05, 0.1) is 5.56 Å². The first-order valence-corrected chi connectivity index (χ1v) is 10.3. The number of carbonyl (C=O) groups is 1. The predicted octanol–water partition coefficient (Wildman–Crippen LogP) is 5.00. The van der Waals surface area contributed by atoms with E-state index < -0.39 is 23.4 Å². The smallest absolute Gasteiger partial charge is 0.335 e. The van der Waals surface area contributed by atoms with Crippen molar-refractivity contribution in [3.8, 4) is 0 Å². The van der Waals surface area contributed by atoms with E-state index in [9.17, 15) is 26.7 Å². The Balaban J connectivity index is 1.43. The van der Waals surface area contributed by atoms with Crippen molar-refractivity contribution in [2.24, 2.45) is 5.92 Å². The fourth-order valence-corrected chi connectivity index (χ4v) is 4.68. The summed E-state index contributed by atoms with van der Waals surface area (Å²) in [6, 6.07) is 8.70. The number of carbonyl (C=O) groups excluding carboxylic acids is 1. The summed E-state index contributed by atoms with van der Waals surface area (Å²) in [6.45, 7) is 1.65. The number of hydrogen-bond donors (Lipinski definition) is 0. The van der Waals surface area contributed by atoms with E-state index in [1.807, 2.05) is 4.90 Å². The minimum Gasteiger partial charge on any atom is -0.335 e. The normalized spacial score (nSPS) is 22.5. The number of alkyl halides is 3. The summed E-state index contributed by atoms with van der Waals surface area (Å²) in [5.41, 5.74) is -0.0138. The number of hydrogen-bond acceptors (Lipinski definition) is 2. The summed E-state index contributed by atoms with van der Waals surface area (Å²) >= 11 is 0. The van der Waals surface area contributed by atoms with Crippen molar-refractivity contribution in [3.63, 3.8) is 0 Å². The number of likely N-dealkylation sites (tertiary alicyclic amines) is 2. The van der Waals surface area contributed by atoms with Gasteiger partial charge in [-0.1, -0.05) is 18.2 Å². The standard InChI is InChI=1S/C23H23F5N2O/c24-19-2-1-3-20(25)18(19)14-29-11-10-21-16(13-29)6-9-22(31)30(21)12-15-4-7-17(8-5-15)23(26,27)28/h1-5,7-8,16,21H,6,9-14H2/t16-,21+/m1/s1. The fourth-order valence-electron chi connectivity index (χ4n) is 4.68. The van der Waals surface area contributed by atoms with Crippen molar-refractivity contribution >= 4 is 5.91 Å². The molecule has 8 heteroatoms. The van der Waals surface area contributed by atoms with Crippen molar-refractivity contribution in [3.05, 3.63) is 70.8 Å². The molecular formula is C23H23F5N2O. The molecule has 0 unspecified atom stereocenters. The van der Waals surface area contributed by atoms with E-state index in [4.69, 9.17) is 0 Å². The van der Waals surface area contributed by atoms with E-state index >= 15 is 0 Å². The van der Waals surface area contributed by atoms with Crippen LogP contribution in [0.25, 0.3) is 0 Å². The number of fused-ring (bicyclic) bond motifs is 1. The number of halogens is 5. The Morgan fingerprint density at radius 3 is 2.26 bits per heavy atom. The minimum absolute atomic E-state index is 0.00486. The molecule has 1 amide bonds. The second-order valence-corrected chi connectivity index (χ2v) is 8.31. The van der Waals surface area contributed by atoms with E-state index in [1.54, 1.807) is 4.90 Å². The van der Waals surface area contributed by atoms with Gasteiger partial charge in [0.1, 0.15) is 11.6 Å². The van der Waals surface area contributed by atoms with Crippen molar-refractivity contribution in [2.75, 3.05) is 13.1 Å². The molecule has 0 saturated carbocycles. The summed E-state index contributed by atoms with van der Waals surface area (Å²) in [5, 5.41) is 0. The lowest BCUT2D eigenvalue weighted by Crippen LogP contribution is -2.55. The molecule has 0 N–H and O–H groups in total. The molecule has 2 heterocycles. The summed E-state index contributed by atoms with van der Waals surface area (Å²) in [7, 11) is 0. The Kier molecular flexibility index (Phi) is 6.01. The van der Waals surface area contributed by atoms with Crippen molar-refractivity contribution in [1.82, 2.24) is 9.80 Å². The fraction of sp³-hybridized carbons (Fsp3) is 0.435. The van der Waals surface area contributed by atoms with E-state index in [-0.39, 0.29) is 36.5 Å². The predicted molar refractivity (Wildman–Crippen MR) is 105 cm³/mol. The molecule has 31 heavy (non-hydrogen) atoms. The maximum absolute atomic E-state index is 14.0. The average Bonchev–Trinajstić information content (AvgIpc) is 2.73. The third kappa shape index (κ3) is 4.74. The molecule has 0 bridgehead atoms. The molecular weight excluding hydrogens is 415 g/mol. The highest BCUT2D eigenvalue weighted by atomic mass is 19.4. The van der Waals surface area contributed by atoms with Gasteiger partial charge in [-0.2, -0.15) is 13.2 Å². The Bertz CT molecular complexity index is 924. The SMILES string of the molecule is O=C1CC[C@@H]2CN(Cc3c(F)cccc3F)CC[C@@H]2N1Cc1ccc(C(F)(F)F)cc1. The molecule has 0 spiro atoms. The van der Waals surface area contributed by atoms with Crippen LogP contribution >= 0.6 is 0 Å². The van der Waals surface area contributed by atoms with Gasteiger partial charge in [0.2, 0.25) is 5.91 Å². The highest BCUT2D eigenvalue weighted by Crippen LogP contribution is 2.34. The largest absolute Gasteiger partial charge is 0.416 e. The van der Waals surface area contributed by atoms with Crippen LogP contribution in [0.15, 0.2) is 42.5 Å². The van der Waals surface area contributed by atoms with Crippen LogP contribution in [-0.2, 0) is 24.1 Å². The molecule has 2 aromatic carbocycles. The monoisotopic (exact) mass is 438 g/mol. The first kappa shape index (κ1) is 21.7. The van der Waals surface area contributed by atoms with Crippen molar-refractivity contribution in [2.45, 2.75) is 44.6 Å². The lowest BCUT2D eigenvalue weighted by molar-refractivity contribution is -0.142. The van der Waals surface area contributed by atoms with Crippen LogP contribution < -0.4 is 0 Å². The van der Waals surface area contributed by atoms with Gasteiger partial charge in [0.25, 0.3) is 0 Å². The lowest BCUT2D eigenvalue weighted by Gasteiger charge is -2.47. The second-order valence-electron chi connectivity index (χ2n) is 8.31. The van der Waals surface area contributed by atoms with Gasteiger partial charge < -0.3 is 4.90 Å². The van der Waals surface area contributed by atoms with Crippen molar-refractivity contribution < 1.29 is 26.7 Å². The highest BCUT2D eigenvalue weighted by Gasteiger charge is 2.39. The molecule has 2 aliphatic rings. The molecule has 2 saturated heterocycles. The number of benzene rings is 2. The molecule has 2 atom stereocenters. The maximum Gasteiger partial charge on any atom is 0.416 e. The summed E-state index contributed by atoms with van der Waals surface area (Å²) in [4.78, 5) is 16.3. The van der Waals surface area contributed by atoms with E-state index in [0.29, 0.717) is 37.9 Å². The van der Waals surface area contributed by atoms with Gasteiger partial charge in [0, 0.05) is 44.2 Å². The van der Waals surface area contributed by atoms with Gasteiger partial charge in [-0.05, 0) is 48.6 Å². The van der Waals surface area contributed by atoms with E-state index in [1.165, 1.54) is 30.3 Å². The zero-order valence-electron chi connectivity index (χ0n) is 16.8. The van der Waals surface area contributed by atoms with Crippen LogP contribution in [0.3, 0.4) is 0 Å². The Labute approximate surface area is 177 Å². The summed E-state index contributed by atoms with van der Waals surface area (Å²) < 4.78 is 66.4. The van der Waals surface area contributed by atoms with E-state index in [2.05, 4.69) is 0 Å². The quantitative estimate of drug-likeness (QED) is 0.628.